The molecule has 0 fully saturated rings. The zero-order valence-corrected chi connectivity index (χ0v) is 20.6. The van der Waals surface area contributed by atoms with Crippen LogP contribution in [0.4, 0.5) is 5.69 Å². The van der Waals surface area contributed by atoms with E-state index < -0.39 is 6.04 Å². The van der Waals surface area contributed by atoms with Gasteiger partial charge >= 0.3 is 0 Å². The number of thioether (sulfide) groups is 1. The molecule has 34 heavy (non-hydrogen) atoms. The number of aryl methyl sites for hydroxylation is 1. The predicted octanol–water partition coefficient (Wildman–Crippen LogP) is 3.46. The van der Waals surface area contributed by atoms with Crippen LogP contribution in [-0.4, -0.2) is 51.2 Å². The summed E-state index contributed by atoms with van der Waals surface area (Å²) in [6.45, 7) is 3.90. The van der Waals surface area contributed by atoms with E-state index in [1.807, 2.05) is 13.8 Å². The molecule has 3 N–H and O–H groups in total. The Morgan fingerprint density at radius 1 is 1.21 bits per heavy atom. The Bertz CT molecular complexity index is 1150. The third-order valence-corrected chi connectivity index (χ3v) is 6.21. The van der Waals surface area contributed by atoms with Gasteiger partial charge in [0.2, 0.25) is 5.91 Å². The average molecular weight is 504 g/mol. The van der Waals surface area contributed by atoms with Crippen molar-refractivity contribution >= 4 is 40.9 Å². The molecule has 11 heteroatoms. The van der Waals surface area contributed by atoms with Crippen LogP contribution in [0, 0.1) is 6.92 Å². The summed E-state index contributed by atoms with van der Waals surface area (Å²) in [5, 5.41) is 25.0. The summed E-state index contributed by atoms with van der Waals surface area (Å²) < 4.78 is 6.87. The molecule has 0 aliphatic rings. The second kappa shape index (κ2) is 11.9. The van der Waals surface area contributed by atoms with E-state index in [4.69, 9.17) is 16.3 Å². The number of methoxy groups -OCH3 is 1. The topological polar surface area (TPSA) is 118 Å². The Balaban J connectivity index is 1.66. The van der Waals surface area contributed by atoms with Gasteiger partial charge in [-0.2, -0.15) is 0 Å². The first kappa shape index (κ1) is 25.5. The predicted molar refractivity (Wildman–Crippen MR) is 132 cm³/mol. The van der Waals surface area contributed by atoms with E-state index >= 15 is 0 Å². The van der Waals surface area contributed by atoms with Gasteiger partial charge in [0.25, 0.3) is 5.91 Å². The molecule has 0 saturated heterocycles. The Morgan fingerprint density at radius 2 is 1.94 bits per heavy atom. The fourth-order valence-electron chi connectivity index (χ4n) is 3.22. The molecule has 1 unspecified atom stereocenters. The second-order valence-electron chi connectivity index (χ2n) is 7.32. The van der Waals surface area contributed by atoms with E-state index in [0.29, 0.717) is 39.5 Å². The number of aromatic nitrogens is 3. The van der Waals surface area contributed by atoms with Crippen LogP contribution in [-0.2, 0) is 11.3 Å². The zero-order chi connectivity index (χ0) is 24.7. The number of nitrogens with one attached hydrogen (secondary N) is 2. The molecule has 1 aromatic heterocycles. The summed E-state index contributed by atoms with van der Waals surface area (Å²) in [7, 11) is 1.55. The Morgan fingerprint density at radius 3 is 2.56 bits per heavy atom. The highest BCUT2D eigenvalue weighted by atomic mass is 35.5. The van der Waals surface area contributed by atoms with Crippen LogP contribution in [0.5, 0.6) is 5.75 Å². The number of benzene rings is 2. The number of carbonyl (C=O) groups is 2. The van der Waals surface area contributed by atoms with Crippen LogP contribution < -0.4 is 15.4 Å². The smallest absolute Gasteiger partial charge is 0.251 e. The molecule has 0 saturated carbocycles. The molecule has 0 bridgehead atoms. The Labute approximate surface area is 206 Å². The minimum absolute atomic E-state index is 0.113. The minimum atomic E-state index is -0.762. The van der Waals surface area contributed by atoms with Gasteiger partial charge in [0.1, 0.15) is 11.8 Å². The number of aliphatic hydroxyl groups excluding tert-OH is 1. The molecule has 3 aromatic rings. The van der Waals surface area contributed by atoms with Gasteiger partial charge in [-0.25, -0.2) is 0 Å². The number of aliphatic hydroxyl groups is 1. The number of nitrogens with zero attached hydrogens (tertiary/aromatic N) is 3. The maximum Gasteiger partial charge on any atom is 0.251 e. The second-order valence-corrected chi connectivity index (χ2v) is 8.70. The monoisotopic (exact) mass is 503 g/mol. The van der Waals surface area contributed by atoms with Crippen molar-refractivity contribution < 1.29 is 19.4 Å². The molecule has 0 radical (unpaired) electrons. The third kappa shape index (κ3) is 6.28. The van der Waals surface area contributed by atoms with E-state index in [9.17, 15) is 14.7 Å². The maximum absolute atomic E-state index is 12.6. The number of carbonyl (C=O) groups excluding carboxylic acids is 2. The molecular formula is C23H26ClN5O4S. The Hall–Kier alpha value is -3.08. The summed E-state index contributed by atoms with van der Waals surface area (Å²) in [4.78, 5) is 25.1. The van der Waals surface area contributed by atoms with Gasteiger partial charge in [-0.15, -0.1) is 10.2 Å². The van der Waals surface area contributed by atoms with Gasteiger partial charge in [0.05, 0.1) is 19.5 Å². The van der Waals surface area contributed by atoms with Crippen molar-refractivity contribution in [3.05, 3.63) is 64.4 Å². The third-order valence-electron chi connectivity index (χ3n) is 5.01. The van der Waals surface area contributed by atoms with Crippen molar-refractivity contribution in [3.63, 3.8) is 0 Å². The first-order valence-corrected chi connectivity index (χ1v) is 11.9. The molecule has 0 aliphatic carbocycles. The molecular weight excluding hydrogens is 478 g/mol. The lowest BCUT2D eigenvalue weighted by molar-refractivity contribution is -0.113. The van der Waals surface area contributed by atoms with Gasteiger partial charge in [0.15, 0.2) is 11.0 Å². The lowest BCUT2D eigenvalue weighted by Crippen LogP contribution is -2.32. The maximum atomic E-state index is 12.6. The molecule has 3 rings (SSSR count). The van der Waals surface area contributed by atoms with Crippen LogP contribution in [0.15, 0.2) is 47.6 Å². The highest BCUT2D eigenvalue weighted by Gasteiger charge is 2.23. The quantitative estimate of drug-likeness (QED) is 0.362. The fourth-order valence-corrected chi connectivity index (χ4v) is 4.26. The number of anilines is 1. The van der Waals surface area contributed by atoms with Gasteiger partial charge in [-0.1, -0.05) is 23.4 Å². The van der Waals surface area contributed by atoms with Crippen molar-refractivity contribution in [2.75, 3.05) is 24.8 Å². The number of amides is 2. The van der Waals surface area contributed by atoms with Crippen molar-refractivity contribution in [2.24, 2.45) is 0 Å². The minimum Gasteiger partial charge on any atom is -0.497 e. The molecule has 9 nitrogen and oxygen atoms in total. The molecule has 2 aromatic carbocycles. The van der Waals surface area contributed by atoms with Crippen LogP contribution in [0.2, 0.25) is 5.02 Å². The number of ether oxygens (including phenoxy) is 1. The molecule has 180 valence electrons. The summed E-state index contributed by atoms with van der Waals surface area (Å²) >= 11 is 7.18. The van der Waals surface area contributed by atoms with E-state index in [1.54, 1.807) is 54.1 Å². The number of hydrogen-bond acceptors (Lipinski definition) is 7. The van der Waals surface area contributed by atoms with Gasteiger partial charge < -0.3 is 25.0 Å². The average Bonchev–Trinajstić information content (AvgIpc) is 3.25. The molecule has 0 spiro atoms. The summed E-state index contributed by atoms with van der Waals surface area (Å²) in [5.74, 6) is 0.594. The van der Waals surface area contributed by atoms with E-state index in [0.717, 1.165) is 5.56 Å². The molecule has 2 amide bonds. The van der Waals surface area contributed by atoms with Gasteiger partial charge in [-0.05, 0) is 61.9 Å². The summed E-state index contributed by atoms with van der Waals surface area (Å²) in [5.41, 5.74) is 1.98. The van der Waals surface area contributed by atoms with Crippen LogP contribution >= 0.6 is 23.4 Å². The fraction of sp³-hybridized carbons (Fsp3) is 0.304. The van der Waals surface area contributed by atoms with Crippen molar-refractivity contribution in [1.29, 1.82) is 0 Å². The van der Waals surface area contributed by atoms with Gasteiger partial charge in [-0.3, -0.25) is 9.59 Å². The van der Waals surface area contributed by atoms with Crippen LogP contribution in [0.1, 0.15) is 34.7 Å². The number of halogens is 1. The largest absolute Gasteiger partial charge is 0.497 e. The summed E-state index contributed by atoms with van der Waals surface area (Å²) in [6.07, 6.45) is 0. The standard InChI is InChI=1S/C23H26ClN5O4S/c1-4-29-21(19(12-30)26-22(32)15-5-8-17(33-3)9-6-15)27-28-23(29)34-13-20(31)25-18-10-7-16(24)11-14(18)2/h5-11,19,30H,4,12-13H2,1-3H3,(H,25,31)(H,26,32). The van der Waals surface area contributed by atoms with Crippen LogP contribution in [0.25, 0.3) is 0 Å². The summed E-state index contributed by atoms with van der Waals surface area (Å²) in [6, 6.07) is 11.1. The Kier molecular flexibility index (Phi) is 8.91. The first-order valence-electron chi connectivity index (χ1n) is 10.5. The number of hydrogen-bond donors (Lipinski definition) is 3. The molecule has 1 heterocycles. The first-order chi connectivity index (χ1) is 16.4. The SMILES string of the molecule is CCn1c(SCC(=O)Nc2ccc(Cl)cc2C)nnc1C(CO)NC(=O)c1ccc(OC)cc1. The normalized spacial score (nSPS) is 11.7. The van der Waals surface area contributed by atoms with E-state index in [1.165, 1.54) is 11.8 Å². The highest BCUT2D eigenvalue weighted by molar-refractivity contribution is 7.99. The lowest BCUT2D eigenvalue weighted by Gasteiger charge is -2.17. The van der Waals surface area contributed by atoms with E-state index in [-0.39, 0.29) is 24.2 Å². The van der Waals surface area contributed by atoms with Crippen LogP contribution in [0.3, 0.4) is 0 Å². The molecule has 0 aliphatic heterocycles. The number of rotatable bonds is 10. The van der Waals surface area contributed by atoms with Crippen molar-refractivity contribution in [2.45, 2.75) is 31.6 Å². The van der Waals surface area contributed by atoms with E-state index in [2.05, 4.69) is 20.8 Å². The van der Waals surface area contributed by atoms with Crippen molar-refractivity contribution in [1.82, 2.24) is 20.1 Å². The molecule has 1 atom stereocenters. The highest BCUT2D eigenvalue weighted by Crippen LogP contribution is 2.23. The van der Waals surface area contributed by atoms with Gasteiger partial charge in [0, 0.05) is 22.8 Å². The van der Waals surface area contributed by atoms with Crippen molar-refractivity contribution in [3.8, 4) is 5.75 Å². The zero-order valence-electron chi connectivity index (χ0n) is 19.0. The lowest BCUT2D eigenvalue weighted by atomic mass is 10.2.